The fraction of sp³-hybridized carbons (Fsp3) is 0.200. The Hall–Kier alpha value is -1.56. The van der Waals surface area contributed by atoms with E-state index in [0.717, 1.165) is 10.9 Å². The Morgan fingerprint density at radius 2 is 2.25 bits per heavy atom. The van der Waals surface area contributed by atoms with Gasteiger partial charge in [-0.1, -0.05) is 23.9 Å². The molecule has 0 atom stereocenters. The van der Waals surface area contributed by atoms with Gasteiger partial charge in [0.25, 0.3) is 0 Å². The molecule has 0 saturated heterocycles. The van der Waals surface area contributed by atoms with Crippen LogP contribution in [-0.4, -0.2) is 27.5 Å². The second-order valence-electron chi connectivity index (χ2n) is 3.05. The Morgan fingerprint density at radius 3 is 3.00 bits per heavy atom. The molecule has 2 rings (SSSR count). The van der Waals surface area contributed by atoms with Gasteiger partial charge in [-0.3, -0.25) is 5.10 Å². The number of hydrogen-bond donors (Lipinski definition) is 2. The molecule has 0 aliphatic heterocycles. The molecule has 0 amide bonds. The molecule has 2 aromatic rings. The van der Waals surface area contributed by atoms with Crippen LogP contribution in [0, 0.1) is 5.82 Å². The van der Waals surface area contributed by atoms with Crippen molar-refractivity contribution in [3.05, 3.63) is 36.4 Å². The van der Waals surface area contributed by atoms with Gasteiger partial charge in [0.15, 0.2) is 5.16 Å². The Labute approximate surface area is 96.7 Å². The van der Waals surface area contributed by atoms with Crippen LogP contribution in [-0.2, 0) is 0 Å². The molecule has 0 radical (unpaired) electrons. The van der Waals surface area contributed by atoms with Gasteiger partial charge in [0.05, 0.1) is 5.69 Å². The molecule has 0 aliphatic carbocycles. The summed E-state index contributed by atoms with van der Waals surface area (Å²) >= 11 is 1.54. The molecule has 2 N–H and O–H groups in total. The first-order valence-electron chi connectivity index (χ1n) is 4.83. The lowest BCUT2D eigenvalue weighted by atomic mass is 10.3. The SMILES string of the molecule is Fc1ccccc1NCCSc1ncn[nH]1. The maximum absolute atomic E-state index is 13.2. The van der Waals surface area contributed by atoms with E-state index in [9.17, 15) is 4.39 Å². The lowest BCUT2D eigenvalue weighted by Crippen LogP contribution is -2.05. The summed E-state index contributed by atoms with van der Waals surface area (Å²) in [5, 5.41) is 10.3. The number of para-hydroxylation sites is 1. The third-order valence-electron chi connectivity index (χ3n) is 1.92. The molecular formula is C10H11FN4S. The first-order valence-corrected chi connectivity index (χ1v) is 5.81. The average molecular weight is 238 g/mol. The number of benzene rings is 1. The number of H-pyrrole nitrogens is 1. The molecule has 84 valence electrons. The first kappa shape index (κ1) is 10.9. The largest absolute Gasteiger partial charge is 0.382 e. The summed E-state index contributed by atoms with van der Waals surface area (Å²) in [6.45, 7) is 0.673. The van der Waals surface area contributed by atoms with Gasteiger partial charge in [-0.05, 0) is 12.1 Å². The van der Waals surface area contributed by atoms with Crippen molar-refractivity contribution < 1.29 is 4.39 Å². The van der Waals surface area contributed by atoms with E-state index in [1.54, 1.807) is 18.2 Å². The number of anilines is 1. The Kier molecular flexibility index (Phi) is 3.76. The summed E-state index contributed by atoms with van der Waals surface area (Å²) in [5.41, 5.74) is 0.528. The number of rotatable bonds is 5. The van der Waals surface area contributed by atoms with Crippen molar-refractivity contribution in [1.82, 2.24) is 15.2 Å². The van der Waals surface area contributed by atoms with Crippen LogP contribution in [0.4, 0.5) is 10.1 Å². The van der Waals surface area contributed by atoms with E-state index in [1.807, 2.05) is 0 Å². The highest BCUT2D eigenvalue weighted by Crippen LogP contribution is 2.14. The van der Waals surface area contributed by atoms with Crippen molar-refractivity contribution in [2.45, 2.75) is 5.16 Å². The minimum Gasteiger partial charge on any atom is -0.382 e. The summed E-state index contributed by atoms with van der Waals surface area (Å²) in [6.07, 6.45) is 1.46. The second-order valence-corrected chi connectivity index (χ2v) is 4.13. The molecule has 0 spiro atoms. The van der Waals surface area contributed by atoms with Gasteiger partial charge < -0.3 is 5.32 Å². The van der Waals surface area contributed by atoms with Crippen LogP contribution in [0.25, 0.3) is 0 Å². The van der Waals surface area contributed by atoms with Gasteiger partial charge in [-0.2, -0.15) is 5.10 Å². The van der Waals surface area contributed by atoms with Crippen molar-refractivity contribution in [1.29, 1.82) is 0 Å². The third-order valence-corrected chi connectivity index (χ3v) is 2.80. The van der Waals surface area contributed by atoms with Crippen LogP contribution in [0.15, 0.2) is 35.7 Å². The molecule has 4 nitrogen and oxygen atoms in total. The topological polar surface area (TPSA) is 53.6 Å². The fourth-order valence-electron chi connectivity index (χ4n) is 1.20. The van der Waals surface area contributed by atoms with Crippen molar-refractivity contribution in [2.75, 3.05) is 17.6 Å². The Bertz CT molecular complexity index is 432. The lowest BCUT2D eigenvalue weighted by Gasteiger charge is -2.05. The average Bonchev–Trinajstić information content (AvgIpc) is 2.79. The number of nitrogens with one attached hydrogen (secondary N) is 2. The van der Waals surface area contributed by atoms with Crippen LogP contribution in [0.5, 0.6) is 0 Å². The quantitative estimate of drug-likeness (QED) is 0.619. The van der Waals surface area contributed by atoms with Crippen LogP contribution >= 0.6 is 11.8 Å². The minimum absolute atomic E-state index is 0.229. The van der Waals surface area contributed by atoms with E-state index in [1.165, 1.54) is 24.2 Å². The standard InChI is InChI=1S/C10H11FN4S/c11-8-3-1-2-4-9(8)12-5-6-16-10-13-7-14-15-10/h1-4,7,12H,5-6H2,(H,13,14,15). The van der Waals surface area contributed by atoms with Crippen LogP contribution in [0.3, 0.4) is 0 Å². The summed E-state index contributed by atoms with van der Waals surface area (Å²) in [7, 11) is 0. The highest BCUT2D eigenvalue weighted by molar-refractivity contribution is 7.99. The predicted octanol–water partition coefficient (Wildman–Crippen LogP) is 2.15. The van der Waals surface area contributed by atoms with Crippen LogP contribution in [0.2, 0.25) is 0 Å². The maximum atomic E-state index is 13.2. The van der Waals surface area contributed by atoms with E-state index < -0.39 is 0 Å². The molecule has 0 bridgehead atoms. The van der Waals surface area contributed by atoms with E-state index in [2.05, 4.69) is 20.5 Å². The molecule has 1 aromatic heterocycles. The fourth-order valence-corrected chi connectivity index (χ4v) is 1.84. The number of aromatic nitrogens is 3. The van der Waals surface area contributed by atoms with Crippen molar-refractivity contribution in [2.24, 2.45) is 0 Å². The number of halogens is 1. The second kappa shape index (κ2) is 5.50. The molecule has 0 saturated carbocycles. The molecule has 6 heteroatoms. The molecular weight excluding hydrogens is 227 g/mol. The molecule has 0 unspecified atom stereocenters. The van der Waals surface area contributed by atoms with Crippen molar-refractivity contribution in [3.63, 3.8) is 0 Å². The van der Waals surface area contributed by atoms with Gasteiger partial charge in [-0.25, -0.2) is 9.37 Å². The number of thioether (sulfide) groups is 1. The predicted molar refractivity (Wildman–Crippen MR) is 62.0 cm³/mol. The molecule has 0 fully saturated rings. The highest BCUT2D eigenvalue weighted by Gasteiger charge is 1.99. The molecule has 1 aromatic carbocycles. The lowest BCUT2D eigenvalue weighted by molar-refractivity contribution is 0.630. The zero-order valence-corrected chi connectivity index (χ0v) is 9.30. The summed E-state index contributed by atoms with van der Waals surface area (Å²) in [5.74, 6) is 0.566. The maximum Gasteiger partial charge on any atom is 0.183 e. The molecule has 16 heavy (non-hydrogen) atoms. The van der Waals surface area contributed by atoms with E-state index >= 15 is 0 Å². The van der Waals surface area contributed by atoms with Crippen LogP contribution in [0.1, 0.15) is 0 Å². The van der Waals surface area contributed by atoms with Gasteiger partial charge in [0.1, 0.15) is 12.1 Å². The number of hydrogen-bond acceptors (Lipinski definition) is 4. The number of nitrogens with zero attached hydrogens (tertiary/aromatic N) is 2. The Morgan fingerprint density at radius 1 is 1.38 bits per heavy atom. The summed E-state index contributed by atoms with van der Waals surface area (Å²) < 4.78 is 13.2. The third kappa shape index (κ3) is 2.96. The van der Waals surface area contributed by atoms with Gasteiger partial charge in [0.2, 0.25) is 0 Å². The summed E-state index contributed by atoms with van der Waals surface area (Å²) in [4.78, 5) is 3.97. The van der Waals surface area contributed by atoms with Crippen LogP contribution < -0.4 is 5.32 Å². The van der Waals surface area contributed by atoms with Gasteiger partial charge in [-0.15, -0.1) is 0 Å². The molecule has 1 heterocycles. The van der Waals surface area contributed by atoms with Crippen molar-refractivity contribution >= 4 is 17.4 Å². The van der Waals surface area contributed by atoms with Gasteiger partial charge >= 0.3 is 0 Å². The minimum atomic E-state index is -0.229. The van der Waals surface area contributed by atoms with E-state index in [0.29, 0.717) is 12.2 Å². The normalized spacial score (nSPS) is 10.3. The number of aromatic amines is 1. The van der Waals surface area contributed by atoms with Gasteiger partial charge in [0, 0.05) is 12.3 Å². The Balaban J connectivity index is 1.74. The van der Waals surface area contributed by atoms with E-state index in [-0.39, 0.29) is 5.82 Å². The zero-order valence-electron chi connectivity index (χ0n) is 8.48. The first-order chi connectivity index (χ1) is 7.86. The highest BCUT2D eigenvalue weighted by atomic mass is 32.2. The zero-order chi connectivity index (χ0) is 11.2. The summed E-state index contributed by atoms with van der Waals surface area (Å²) in [6, 6.07) is 6.62. The monoisotopic (exact) mass is 238 g/mol. The van der Waals surface area contributed by atoms with E-state index in [4.69, 9.17) is 0 Å². The van der Waals surface area contributed by atoms with Crippen molar-refractivity contribution in [3.8, 4) is 0 Å². The molecule has 0 aliphatic rings. The smallest absolute Gasteiger partial charge is 0.183 e.